The van der Waals surface area contributed by atoms with Crippen molar-refractivity contribution in [3.8, 4) is 28.5 Å². The fraction of sp³-hybridized carbons (Fsp3) is 0.118. The molecule has 0 aliphatic rings. The third-order valence-electron chi connectivity index (χ3n) is 3.24. The molecule has 0 saturated carbocycles. The molecule has 0 aliphatic heterocycles. The van der Waals surface area contributed by atoms with Crippen LogP contribution in [0.4, 0.5) is 0 Å². The number of aromatic nitrogens is 3. The Labute approximate surface area is 142 Å². The molecule has 0 atom stereocenters. The van der Waals surface area contributed by atoms with E-state index in [1.807, 2.05) is 0 Å². The Morgan fingerprint density at radius 1 is 1.00 bits per heavy atom. The van der Waals surface area contributed by atoms with E-state index in [2.05, 4.69) is 15.0 Å². The second kappa shape index (κ2) is 7.25. The van der Waals surface area contributed by atoms with Crippen LogP contribution in [0.25, 0.3) is 22.8 Å². The van der Waals surface area contributed by atoms with E-state index in [9.17, 15) is 4.79 Å². The molecule has 0 aliphatic carbocycles. The molecule has 24 heavy (non-hydrogen) atoms. The van der Waals surface area contributed by atoms with Gasteiger partial charge in [-0.05, 0) is 48.5 Å². The molecule has 0 bridgehead atoms. The molecule has 122 valence electrons. The van der Waals surface area contributed by atoms with Gasteiger partial charge in [-0.2, -0.15) is 4.98 Å². The van der Waals surface area contributed by atoms with E-state index < -0.39 is 5.69 Å². The van der Waals surface area contributed by atoms with Crippen LogP contribution in [0.2, 0.25) is 5.02 Å². The van der Waals surface area contributed by atoms with E-state index in [0.717, 1.165) is 5.56 Å². The van der Waals surface area contributed by atoms with Crippen LogP contribution in [0.5, 0.6) is 5.75 Å². The second-order valence-electron chi connectivity index (χ2n) is 4.93. The van der Waals surface area contributed by atoms with E-state index in [1.54, 1.807) is 48.5 Å². The van der Waals surface area contributed by atoms with E-state index in [0.29, 0.717) is 28.0 Å². The van der Waals surface area contributed by atoms with Gasteiger partial charge in [-0.1, -0.05) is 11.6 Å². The second-order valence-corrected chi connectivity index (χ2v) is 5.37. The minimum absolute atomic E-state index is 0.0522. The van der Waals surface area contributed by atoms with E-state index in [4.69, 9.17) is 21.4 Å². The zero-order chi connectivity index (χ0) is 16.9. The number of aromatic amines is 1. The highest BCUT2D eigenvalue weighted by Crippen LogP contribution is 2.21. The van der Waals surface area contributed by atoms with Crippen molar-refractivity contribution in [2.45, 2.75) is 0 Å². The molecule has 2 N–H and O–H groups in total. The lowest BCUT2D eigenvalue weighted by Crippen LogP contribution is -2.14. The summed E-state index contributed by atoms with van der Waals surface area (Å²) >= 11 is 5.88. The van der Waals surface area contributed by atoms with Crippen LogP contribution < -0.4 is 10.4 Å². The van der Waals surface area contributed by atoms with E-state index >= 15 is 0 Å². The highest BCUT2D eigenvalue weighted by atomic mass is 35.5. The number of hydrogen-bond acceptors (Lipinski definition) is 5. The number of aliphatic hydroxyl groups excluding tert-OH is 1. The van der Waals surface area contributed by atoms with Crippen LogP contribution in [0, 0.1) is 0 Å². The van der Waals surface area contributed by atoms with Gasteiger partial charge in [0.05, 0.1) is 6.61 Å². The Morgan fingerprint density at radius 3 is 2.33 bits per heavy atom. The van der Waals surface area contributed by atoms with Crippen molar-refractivity contribution >= 4 is 11.6 Å². The summed E-state index contributed by atoms with van der Waals surface area (Å²) in [6.07, 6.45) is 0. The zero-order valence-corrected chi connectivity index (χ0v) is 13.3. The normalized spacial score (nSPS) is 10.6. The molecule has 6 nitrogen and oxygen atoms in total. The number of nitrogens with zero attached hydrogens (tertiary/aromatic N) is 2. The summed E-state index contributed by atoms with van der Waals surface area (Å²) in [7, 11) is 0. The summed E-state index contributed by atoms with van der Waals surface area (Å²) in [4.78, 5) is 22.8. The molecular weight excluding hydrogens is 330 g/mol. The summed E-state index contributed by atoms with van der Waals surface area (Å²) in [6, 6.07) is 14.0. The van der Waals surface area contributed by atoms with Crippen molar-refractivity contribution in [1.82, 2.24) is 15.0 Å². The first-order valence-electron chi connectivity index (χ1n) is 7.24. The molecule has 0 amide bonds. The van der Waals surface area contributed by atoms with Crippen LogP contribution in [-0.4, -0.2) is 33.3 Å². The first-order valence-corrected chi connectivity index (χ1v) is 7.62. The number of H-pyrrole nitrogens is 1. The molecule has 0 unspecified atom stereocenters. The predicted octanol–water partition coefficient (Wildman–Crippen LogP) is 2.52. The Kier molecular flexibility index (Phi) is 4.88. The van der Waals surface area contributed by atoms with Crippen LogP contribution in [-0.2, 0) is 0 Å². The average Bonchev–Trinajstić information content (AvgIpc) is 2.60. The van der Waals surface area contributed by atoms with Crippen LogP contribution in [0.15, 0.2) is 53.3 Å². The number of aliphatic hydroxyl groups is 1. The first kappa shape index (κ1) is 16.2. The number of rotatable bonds is 5. The van der Waals surface area contributed by atoms with E-state index in [1.165, 1.54) is 0 Å². The molecule has 2 aromatic carbocycles. The van der Waals surface area contributed by atoms with Gasteiger partial charge in [0, 0.05) is 16.1 Å². The maximum absolute atomic E-state index is 11.8. The highest BCUT2D eigenvalue weighted by molar-refractivity contribution is 6.30. The third-order valence-corrected chi connectivity index (χ3v) is 3.49. The average molecular weight is 344 g/mol. The molecule has 1 heterocycles. The lowest BCUT2D eigenvalue weighted by atomic mass is 10.2. The smallest absolute Gasteiger partial charge is 0.348 e. The largest absolute Gasteiger partial charge is 0.491 e. The Bertz CT molecular complexity index is 877. The molecule has 0 saturated heterocycles. The summed E-state index contributed by atoms with van der Waals surface area (Å²) in [5.41, 5.74) is 0.946. The van der Waals surface area contributed by atoms with Gasteiger partial charge >= 0.3 is 5.69 Å². The maximum atomic E-state index is 11.8. The molecule has 1 aromatic heterocycles. The van der Waals surface area contributed by atoms with E-state index in [-0.39, 0.29) is 13.2 Å². The summed E-state index contributed by atoms with van der Waals surface area (Å²) in [6.45, 7) is 0.172. The fourth-order valence-corrected chi connectivity index (χ4v) is 2.25. The minimum atomic E-state index is -0.481. The molecule has 0 fully saturated rings. The molecule has 0 spiro atoms. The van der Waals surface area contributed by atoms with Crippen molar-refractivity contribution in [3.05, 3.63) is 64.0 Å². The quantitative estimate of drug-likeness (QED) is 0.743. The first-order chi connectivity index (χ1) is 11.7. The van der Waals surface area contributed by atoms with Gasteiger partial charge in [0.15, 0.2) is 5.82 Å². The van der Waals surface area contributed by atoms with Crippen molar-refractivity contribution in [3.63, 3.8) is 0 Å². The third kappa shape index (κ3) is 3.79. The Balaban J connectivity index is 1.93. The lowest BCUT2D eigenvalue weighted by molar-refractivity contribution is 0.201. The van der Waals surface area contributed by atoms with Gasteiger partial charge in [0.2, 0.25) is 0 Å². The van der Waals surface area contributed by atoms with Gasteiger partial charge in [0.25, 0.3) is 0 Å². The number of nitrogens with one attached hydrogen (secondary N) is 1. The van der Waals surface area contributed by atoms with Crippen molar-refractivity contribution in [2.24, 2.45) is 0 Å². The number of halogens is 1. The number of benzene rings is 2. The van der Waals surface area contributed by atoms with Crippen molar-refractivity contribution in [1.29, 1.82) is 0 Å². The van der Waals surface area contributed by atoms with Gasteiger partial charge in [-0.15, -0.1) is 0 Å². The Morgan fingerprint density at radius 2 is 1.67 bits per heavy atom. The summed E-state index contributed by atoms with van der Waals surface area (Å²) < 4.78 is 5.30. The van der Waals surface area contributed by atoms with Crippen molar-refractivity contribution < 1.29 is 9.84 Å². The predicted molar refractivity (Wildman–Crippen MR) is 91.1 cm³/mol. The standard InChI is InChI=1S/C17H14ClN3O3/c18-13-5-1-11(2-6-13)15-19-16(21-17(23)20-15)12-3-7-14(8-4-12)24-10-9-22/h1-8,22H,9-10H2,(H,19,20,21,23). The summed E-state index contributed by atoms with van der Waals surface area (Å²) in [5.74, 6) is 1.36. The SMILES string of the molecule is O=c1nc(-c2ccc(OCCO)cc2)nc(-c2ccc(Cl)cc2)[nH]1. The molecule has 0 radical (unpaired) electrons. The summed E-state index contributed by atoms with van der Waals surface area (Å²) in [5, 5.41) is 9.36. The highest BCUT2D eigenvalue weighted by Gasteiger charge is 2.08. The number of hydrogen-bond donors (Lipinski definition) is 2. The molecule has 3 aromatic rings. The van der Waals surface area contributed by atoms with Gasteiger partial charge in [-0.25, -0.2) is 9.78 Å². The van der Waals surface area contributed by atoms with Gasteiger partial charge in [0.1, 0.15) is 18.2 Å². The van der Waals surface area contributed by atoms with Gasteiger partial charge in [-0.3, -0.25) is 4.98 Å². The fourth-order valence-electron chi connectivity index (χ4n) is 2.12. The van der Waals surface area contributed by atoms with Gasteiger partial charge < -0.3 is 9.84 Å². The molecular formula is C17H14ClN3O3. The molecule has 7 heteroatoms. The van der Waals surface area contributed by atoms with Crippen LogP contribution >= 0.6 is 11.6 Å². The van der Waals surface area contributed by atoms with Crippen LogP contribution in [0.3, 0.4) is 0 Å². The van der Waals surface area contributed by atoms with Crippen molar-refractivity contribution in [2.75, 3.05) is 13.2 Å². The topological polar surface area (TPSA) is 88.1 Å². The lowest BCUT2D eigenvalue weighted by Gasteiger charge is -2.06. The maximum Gasteiger partial charge on any atom is 0.348 e. The molecule has 3 rings (SSSR count). The van der Waals surface area contributed by atoms with Crippen LogP contribution in [0.1, 0.15) is 0 Å². The Hall–Kier alpha value is -2.70. The number of ether oxygens (including phenoxy) is 1. The minimum Gasteiger partial charge on any atom is -0.491 e. The monoisotopic (exact) mass is 343 g/mol. The zero-order valence-electron chi connectivity index (χ0n) is 12.6.